The van der Waals surface area contributed by atoms with Crippen LogP contribution in [-0.4, -0.2) is 34.1 Å². The summed E-state index contributed by atoms with van der Waals surface area (Å²) in [5.74, 6) is 0.136. The van der Waals surface area contributed by atoms with Crippen molar-refractivity contribution in [2.75, 3.05) is 13.1 Å². The van der Waals surface area contributed by atoms with E-state index >= 15 is 0 Å². The molecule has 1 amide bonds. The maximum Gasteiger partial charge on any atom is 0.257 e. The van der Waals surface area contributed by atoms with Gasteiger partial charge in [-0.2, -0.15) is 5.10 Å². The van der Waals surface area contributed by atoms with E-state index in [1.54, 1.807) is 0 Å². The van der Waals surface area contributed by atoms with E-state index in [0.29, 0.717) is 5.41 Å². The van der Waals surface area contributed by atoms with E-state index in [1.807, 2.05) is 18.7 Å². The van der Waals surface area contributed by atoms with Gasteiger partial charge in [-0.1, -0.05) is 20.3 Å². The fraction of sp³-hybridized carbons (Fsp3) is 0.714. The number of rotatable bonds is 2. The molecular weight excluding hydrogens is 226 g/mol. The normalized spacial score (nSPS) is 19.0. The van der Waals surface area contributed by atoms with Crippen molar-refractivity contribution in [2.24, 2.45) is 5.41 Å². The van der Waals surface area contributed by atoms with E-state index in [1.165, 1.54) is 6.42 Å². The highest BCUT2D eigenvalue weighted by atomic mass is 16.2. The average Bonchev–Trinajstić information content (AvgIpc) is 2.69. The Morgan fingerprint density at radius 1 is 1.39 bits per heavy atom. The summed E-state index contributed by atoms with van der Waals surface area (Å²) in [4.78, 5) is 14.4. The summed E-state index contributed by atoms with van der Waals surface area (Å²) in [6, 6.07) is 0. The van der Waals surface area contributed by atoms with Gasteiger partial charge in [-0.25, -0.2) is 0 Å². The van der Waals surface area contributed by atoms with Crippen LogP contribution in [0.5, 0.6) is 0 Å². The number of H-pyrrole nitrogens is 1. The predicted octanol–water partition coefficient (Wildman–Crippen LogP) is 2.68. The molecule has 2 rings (SSSR count). The molecule has 1 fully saturated rings. The Balaban J connectivity index is 2.09. The van der Waals surface area contributed by atoms with Gasteiger partial charge in [-0.3, -0.25) is 9.89 Å². The molecule has 1 aliphatic heterocycles. The minimum Gasteiger partial charge on any atom is -0.338 e. The highest BCUT2D eigenvalue weighted by molar-refractivity contribution is 5.96. The van der Waals surface area contributed by atoms with Crippen LogP contribution in [0.4, 0.5) is 0 Å². The second-order valence-corrected chi connectivity index (χ2v) is 5.77. The van der Waals surface area contributed by atoms with Crippen LogP contribution in [0.25, 0.3) is 0 Å². The summed E-state index contributed by atoms with van der Waals surface area (Å²) in [6.45, 7) is 10.1. The first-order chi connectivity index (χ1) is 8.47. The molecule has 0 unspecified atom stereocenters. The first-order valence-corrected chi connectivity index (χ1v) is 6.78. The molecule has 4 heteroatoms. The Labute approximate surface area is 109 Å². The lowest BCUT2D eigenvalue weighted by Crippen LogP contribution is -2.42. The molecule has 1 N–H and O–H groups in total. The van der Waals surface area contributed by atoms with E-state index in [2.05, 4.69) is 24.0 Å². The fourth-order valence-electron chi connectivity index (χ4n) is 2.63. The number of likely N-dealkylation sites (tertiary alicyclic amines) is 1. The highest BCUT2D eigenvalue weighted by Crippen LogP contribution is 2.34. The van der Waals surface area contributed by atoms with Crippen molar-refractivity contribution in [3.05, 3.63) is 17.0 Å². The van der Waals surface area contributed by atoms with Gasteiger partial charge in [0.15, 0.2) is 0 Å². The molecule has 0 atom stereocenters. The first kappa shape index (κ1) is 13.1. The quantitative estimate of drug-likeness (QED) is 0.876. The van der Waals surface area contributed by atoms with Crippen LogP contribution in [0.2, 0.25) is 0 Å². The van der Waals surface area contributed by atoms with Crippen molar-refractivity contribution < 1.29 is 4.79 Å². The number of carbonyl (C=O) groups is 1. The lowest BCUT2D eigenvalue weighted by molar-refractivity contribution is 0.0599. The minimum absolute atomic E-state index is 0.136. The van der Waals surface area contributed by atoms with Gasteiger partial charge in [-0.15, -0.1) is 0 Å². The summed E-state index contributed by atoms with van der Waals surface area (Å²) in [6.07, 6.45) is 3.40. The average molecular weight is 249 g/mol. The Kier molecular flexibility index (Phi) is 3.46. The van der Waals surface area contributed by atoms with Gasteiger partial charge in [-0.05, 0) is 32.1 Å². The number of carbonyl (C=O) groups excluding carboxylic acids is 1. The van der Waals surface area contributed by atoms with Crippen LogP contribution in [0, 0.1) is 19.3 Å². The van der Waals surface area contributed by atoms with Gasteiger partial charge in [0.2, 0.25) is 0 Å². The van der Waals surface area contributed by atoms with Gasteiger partial charge in [0.25, 0.3) is 5.91 Å². The second kappa shape index (κ2) is 4.75. The molecule has 1 saturated heterocycles. The number of nitrogens with zero attached hydrogens (tertiary/aromatic N) is 2. The smallest absolute Gasteiger partial charge is 0.257 e. The molecule has 4 nitrogen and oxygen atoms in total. The van der Waals surface area contributed by atoms with Crippen LogP contribution in [0.1, 0.15) is 54.9 Å². The van der Waals surface area contributed by atoms with Gasteiger partial charge < -0.3 is 4.90 Å². The summed E-state index contributed by atoms with van der Waals surface area (Å²) in [5, 5.41) is 6.99. The Hall–Kier alpha value is -1.32. The standard InChI is InChI=1S/C14H23N3O/c1-5-14(4)6-8-17(9-7-14)13(18)12-10(2)15-16-11(12)3/h5-9H2,1-4H3,(H,15,16). The molecule has 0 bridgehead atoms. The molecule has 0 aromatic carbocycles. The number of nitrogens with one attached hydrogen (secondary N) is 1. The van der Waals surface area contributed by atoms with E-state index in [0.717, 1.165) is 42.9 Å². The van der Waals surface area contributed by atoms with E-state index in [4.69, 9.17) is 0 Å². The van der Waals surface area contributed by atoms with Gasteiger partial charge in [0.1, 0.15) is 0 Å². The third kappa shape index (κ3) is 2.28. The van der Waals surface area contributed by atoms with Crippen LogP contribution in [0.15, 0.2) is 0 Å². The monoisotopic (exact) mass is 249 g/mol. The maximum atomic E-state index is 12.5. The zero-order valence-electron chi connectivity index (χ0n) is 11.8. The van der Waals surface area contributed by atoms with Crippen LogP contribution < -0.4 is 0 Å². The van der Waals surface area contributed by atoms with Crippen molar-refractivity contribution in [1.29, 1.82) is 0 Å². The first-order valence-electron chi connectivity index (χ1n) is 6.78. The maximum absolute atomic E-state index is 12.5. The summed E-state index contributed by atoms with van der Waals surface area (Å²) in [7, 11) is 0. The molecule has 1 aliphatic rings. The van der Waals surface area contributed by atoms with Crippen LogP contribution in [0.3, 0.4) is 0 Å². The number of aromatic amines is 1. The van der Waals surface area contributed by atoms with Crippen molar-refractivity contribution in [3.63, 3.8) is 0 Å². The molecule has 0 aliphatic carbocycles. The molecular formula is C14H23N3O. The molecule has 1 aromatic heterocycles. The Bertz CT molecular complexity index is 422. The zero-order chi connectivity index (χ0) is 13.3. The lowest BCUT2D eigenvalue weighted by atomic mass is 9.78. The van der Waals surface area contributed by atoms with E-state index < -0.39 is 0 Å². The molecule has 1 aromatic rings. The summed E-state index contributed by atoms with van der Waals surface area (Å²) < 4.78 is 0. The zero-order valence-corrected chi connectivity index (χ0v) is 11.8. The highest BCUT2D eigenvalue weighted by Gasteiger charge is 2.31. The van der Waals surface area contributed by atoms with E-state index in [9.17, 15) is 4.79 Å². The molecule has 0 spiro atoms. The number of amides is 1. The number of aryl methyl sites for hydroxylation is 2. The Morgan fingerprint density at radius 2 is 2.00 bits per heavy atom. The molecule has 2 heterocycles. The topological polar surface area (TPSA) is 49.0 Å². The van der Waals surface area contributed by atoms with Gasteiger partial charge in [0, 0.05) is 18.8 Å². The van der Waals surface area contributed by atoms with Gasteiger partial charge >= 0.3 is 0 Å². The third-order valence-electron chi connectivity index (χ3n) is 4.45. The second-order valence-electron chi connectivity index (χ2n) is 5.77. The van der Waals surface area contributed by atoms with Crippen molar-refractivity contribution in [3.8, 4) is 0 Å². The number of piperidine rings is 1. The molecule has 0 saturated carbocycles. The van der Waals surface area contributed by atoms with Crippen molar-refractivity contribution in [2.45, 2.75) is 47.0 Å². The number of hydrogen-bond donors (Lipinski definition) is 1. The molecule has 0 radical (unpaired) electrons. The van der Waals surface area contributed by atoms with Gasteiger partial charge in [0.05, 0.1) is 11.3 Å². The summed E-state index contributed by atoms with van der Waals surface area (Å²) in [5.41, 5.74) is 2.86. The van der Waals surface area contributed by atoms with E-state index in [-0.39, 0.29) is 5.91 Å². The summed E-state index contributed by atoms with van der Waals surface area (Å²) >= 11 is 0. The van der Waals surface area contributed by atoms with Crippen LogP contribution >= 0.6 is 0 Å². The molecule has 100 valence electrons. The van der Waals surface area contributed by atoms with Crippen molar-refractivity contribution >= 4 is 5.91 Å². The predicted molar refractivity (Wildman–Crippen MR) is 71.6 cm³/mol. The molecule has 18 heavy (non-hydrogen) atoms. The largest absolute Gasteiger partial charge is 0.338 e. The lowest BCUT2D eigenvalue weighted by Gasteiger charge is -2.38. The number of hydrogen-bond acceptors (Lipinski definition) is 2. The third-order valence-corrected chi connectivity index (χ3v) is 4.45. The SMILES string of the molecule is CCC1(C)CCN(C(=O)c2c(C)n[nH]c2C)CC1. The fourth-order valence-corrected chi connectivity index (χ4v) is 2.63. The minimum atomic E-state index is 0.136. The van der Waals surface area contributed by atoms with Crippen molar-refractivity contribution in [1.82, 2.24) is 15.1 Å². The number of aromatic nitrogens is 2. The Morgan fingerprint density at radius 3 is 2.44 bits per heavy atom. The van der Waals surface area contributed by atoms with Crippen LogP contribution in [-0.2, 0) is 0 Å².